The van der Waals surface area contributed by atoms with Crippen molar-refractivity contribution in [1.82, 2.24) is 16.0 Å². The third-order valence-electron chi connectivity index (χ3n) is 2.65. The van der Waals surface area contributed by atoms with E-state index in [1.165, 1.54) is 19.4 Å². The minimum Gasteiger partial charge on any atom is -0.315 e. The zero-order chi connectivity index (χ0) is 8.23. The highest BCUT2D eigenvalue weighted by Crippen LogP contribution is 2.27. The van der Waals surface area contributed by atoms with Crippen LogP contribution in [0.1, 0.15) is 12.8 Å². The molecule has 1 saturated heterocycles. The topological polar surface area (TPSA) is 36.1 Å². The van der Waals surface area contributed by atoms with Gasteiger partial charge in [-0.15, -0.1) is 0 Å². The molecule has 1 unspecified atom stereocenters. The summed E-state index contributed by atoms with van der Waals surface area (Å²) in [7, 11) is 0. The van der Waals surface area contributed by atoms with Gasteiger partial charge in [0.05, 0.1) is 0 Å². The molecule has 1 saturated carbocycles. The van der Waals surface area contributed by atoms with Gasteiger partial charge in [-0.1, -0.05) is 0 Å². The van der Waals surface area contributed by atoms with Crippen LogP contribution in [0, 0.1) is 5.92 Å². The number of hydrogen-bond acceptors (Lipinski definition) is 3. The van der Waals surface area contributed by atoms with Crippen molar-refractivity contribution in [3.63, 3.8) is 0 Å². The zero-order valence-electron chi connectivity index (χ0n) is 7.60. The molecular weight excluding hydrogens is 150 g/mol. The van der Waals surface area contributed by atoms with Crippen LogP contribution in [-0.2, 0) is 0 Å². The van der Waals surface area contributed by atoms with Gasteiger partial charge < -0.3 is 16.0 Å². The number of piperazine rings is 1. The Morgan fingerprint density at radius 1 is 1.17 bits per heavy atom. The molecule has 1 atom stereocenters. The van der Waals surface area contributed by atoms with Crippen LogP contribution in [0.3, 0.4) is 0 Å². The Labute approximate surface area is 74.3 Å². The molecule has 0 aromatic rings. The lowest BCUT2D eigenvalue weighted by Gasteiger charge is -2.24. The first-order valence-corrected chi connectivity index (χ1v) is 5.10. The molecule has 0 bridgehead atoms. The van der Waals surface area contributed by atoms with Gasteiger partial charge >= 0.3 is 0 Å². The lowest BCUT2D eigenvalue weighted by atomic mass is 10.2. The molecule has 2 rings (SSSR count). The molecule has 2 fully saturated rings. The van der Waals surface area contributed by atoms with Crippen molar-refractivity contribution < 1.29 is 0 Å². The summed E-state index contributed by atoms with van der Waals surface area (Å²) in [5, 5.41) is 10.4. The van der Waals surface area contributed by atoms with Crippen LogP contribution in [0.25, 0.3) is 0 Å². The third kappa shape index (κ3) is 2.73. The van der Waals surface area contributed by atoms with Crippen molar-refractivity contribution in [3.8, 4) is 0 Å². The molecule has 12 heavy (non-hydrogen) atoms. The molecule has 2 aliphatic rings. The SMILES string of the molecule is C1CNC(CNCC2CC2)CN1. The Kier molecular flexibility index (Phi) is 2.98. The monoisotopic (exact) mass is 169 g/mol. The van der Waals surface area contributed by atoms with Gasteiger partial charge in [0.1, 0.15) is 0 Å². The van der Waals surface area contributed by atoms with E-state index in [9.17, 15) is 0 Å². The van der Waals surface area contributed by atoms with Gasteiger partial charge in [0.2, 0.25) is 0 Å². The molecule has 0 amide bonds. The molecule has 3 heteroatoms. The van der Waals surface area contributed by atoms with E-state index in [-0.39, 0.29) is 0 Å². The highest BCUT2D eigenvalue weighted by atomic mass is 15.1. The Morgan fingerprint density at radius 3 is 2.75 bits per heavy atom. The molecule has 1 heterocycles. The van der Waals surface area contributed by atoms with Crippen LogP contribution >= 0.6 is 0 Å². The van der Waals surface area contributed by atoms with E-state index in [4.69, 9.17) is 0 Å². The Morgan fingerprint density at radius 2 is 2.08 bits per heavy atom. The van der Waals surface area contributed by atoms with E-state index in [0.717, 1.165) is 32.1 Å². The molecule has 0 aromatic heterocycles. The summed E-state index contributed by atoms with van der Waals surface area (Å²) in [4.78, 5) is 0. The van der Waals surface area contributed by atoms with Crippen LogP contribution in [0.15, 0.2) is 0 Å². The predicted octanol–water partition coefficient (Wildman–Crippen LogP) is -0.453. The summed E-state index contributed by atoms with van der Waals surface area (Å²) >= 11 is 0. The Hall–Kier alpha value is -0.120. The molecule has 3 nitrogen and oxygen atoms in total. The summed E-state index contributed by atoms with van der Waals surface area (Å²) in [5.74, 6) is 1.00. The first-order chi connectivity index (χ1) is 5.95. The van der Waals surface area contributed by atoms with E-state index in [1.54, 1.807) is 0 Å². The van der Waals surface area contributed by atoms with Gasteiger partial charge in [-0.3, -0.25) is 0 Å². The van der Waals surface area contributed by atoms with Crippen molar-refractivity contribution >= 4 is 0 Å². The standard InChI is InChI=1S/C9H19N3/c1-2-8(1)5-11-7-9-6-10-3-4-12-9/h8-12H,1-7H2. The van der Waals surface area contributed by atoms with Crippen molar-refractivity contribution in [2.75, 3.05) is 32.7 Å². The summed E-state index contributed by atoms with van der Waals surface area (Å²) in [6.07, 6.45) is 2.90. The normalized spacial score (nSPS) is 30.5. The van der Waals surface area contributed by atoms with Gasteiger partial charge in [-0.2, -0.15) is 0 Å². The molecule has 70 valence electrons. The van der Waals surface area contributed by atoms with Gasteiger partial charge in [0, 0.05) is 32.2 Å². The van der Waals surface area contributed by atoms with Crippen molar-refractivity contribution in [2.45, 2.75) is 18.9 Å². The van der Waals surface area contributed by atoms with Crippen LogP contribution < -0.4 is 16.0 Å². The molecule has 0 spiro atoms. The minimum atomic E-state index is 0.650. The zero-order valence-corrected chi connectivity index (χ0v) is 7.60. The predicted molar refractivity (Wildman–Crippen MR) is 50.3 cm³/mol. The minimum absolute atomic E-state index is 0.650. The third-order valence-corrected chi connectivity index (χ3v) is 2.65. The van der Waals surface area contributed by atoms with E-state index < -0.39 is 0 Å². The first kappa shape index (κ1) is 8.48. The van der Waals surface area contributed by atoms with E-state index in [0.29, 0.717) is 6.04 Å². The molecule has 3 N–H and O–H groups in total. The summed E-state index contributed by atoms with van der Waals surface area (Å²) in [5.41, 5.74) is 0. The smallest absolute Gasteiger partial charge is 0.0318 e. The molecule has 0 radical (unpaired) electrons. The maximum atomic E-state index is 3.51. The fourth-order valence-corrected chi connectivity index (χ4v) is 1.64. The fourth-order valence-electron chi connectivity index (χ4n) is 1.64. The lowest BCUT2D eigenvalue weighted by molar-refractivity contribution is 0.397. The lowest BCUT2D eigenvalue weighted by Crippen LogP contribution is -2.52. The quantitative estimate of drug-likeness (QED) is 0.533. The second-order valence-corrected chi connectivity index (χ2v) is 3.96. The van der Waals surface area contributed by atoms with Crippen LogP contribution in [0.2, 0.25) is 0 Å². The molecular formula is C9H19N3. The number of hydrogen-bond donors (Lipinski definition) is 3. The van der Waals surface area contributed by atoms with Crippen molar-refractivity contribution in [2.24, 2.45) is 5.92 Å². The fraction of sp³-hybridized carbons (Fsp3) is 1.00. The highest BCUT2D eigenvalue weighted by molar-refractivity contribution is 4.80. The molecule has 1 aliphatic heterocycles. The van der Waals surface area contributed by atoms with Gasteiger partial charge in [0.15, 0.2) is 0 Å². The van der Waals surface area contributed by atoms with Gasteiger partial charge in [-0.25, -0.2) is 0 Å². The number of rotatable bonds is 4. The number of nitrogens with one attached hydrogen (secondary N) is 3. The van der Waals surface area contributed by atoms with Gasteiger partial charge in [-0.05, 0) is 25.3 Å². The summed E-state index contributed by atoms with van der Waals surface area (Å²) < 4.78 is 0. The van der Waals surface area contributed by atoms with Crippen molar-refractivity contribution in [1.29, 1.82) is 0 Å². The maximum Gasteiger partial charge on any atom is 0.0318 e. The highest BCUT2D eigenvalue weighted by Gasteiger charge is 2.21. The van der Waals surface area contributed by atoms with Gasteiger partial charge in [0.25, 0.3) is 0 Å². The molecule has 1 aliphatic carbocycles. The Balaban J connectivity index is 1.52. The second kappa shape index (κ2) is 4.21. The maximum absolute atomic E-state index is 3.51. The molecule has 0 aromatic carbocycles. The summed E-state index contributed by atoms with van der Waals surface area (Å²) in [6.45, 7) is 5.73. The average Bonchev–Trinajstić information content (AvgIpc) is 2.90. The van der Waals surface area contributed by atoms with Crippen LogP contribution in [0.5, 0.6) is 0 Å². The van der Waals surface area contributed by atoms with E-state index >= 15 is 0 Å². The largest absolute Gasteiger partial charge is 0.315 e. The van der Waals surface area contributed by atoms with E-state index in [1.807, 2.05) is 0 Å². The second-order valence-electron chi connectivity index (χ2n) is 3.96. The first-order valence-electron chi connectivity index (χ1n) is 5.10. The average molecular weight is 169 g/mol. The van der Waals surface area contributed by atoms with Crippen molar-refractivity contribution in [3.05, 3.63) is 0 Å². The van der Waals surface area contributed by atoms with Crippen LogP contribution in [0.4, 0.5) is 0 Å². The Bertz CT molecular complexity index is 128. The van der Waals surface area contributed by atoms with E-state index in [2.05, 4.69) is 16.0 Å². The summed E-state index contributed by atoms with van der Waals surface area (Å²) in [6, 6.07) is 0.650. The van der Waals surface area contributed by atoms with Crippen LogP contribution in [-0.4, -0.2) is 38.8 Å².